The van der Waals surface area contributed by atoms with Crippen LogP contribution in [0.4, 0.5) is 11.4 Å². The number of nitro benzene ring substituents is 1. The molecule has 0 spiro atoms. The molecule has 3 N–H and O–H groups in total. The lowest BCUT2D eigenvalue weighted by Gasteiger charge is -2.07. The van der Waals surface area contributed by atoms with Crippen LogP contribution in [0, 0.1) is 10.1 Å². The summed E-state index contributed by atoms with van der Waals surface area (Å²) < 4.78 is 1.61. The number of carbonyl (C=O) groups is 1. The number of hydrogen-bond donors (Lipinski definition) is 2. The summed E-state index contributed by atoms with van der Waals surface area (Å²) in [5.74, 6) is -0.551. The van der Waals surface area contributed by atoms with Crippen molar-refractivity contribution >= 4 is 17.3 Å². The molecule has 0 aliphatic carbocycles. The minimum atomic E-state index is -0.658. The SMILES string of the molecule is Cn1nccc1CNC(=O)c1cccc(N)c1[N+](=O)[O-]. The van der Waals surface area contributed by atoms with Crippen molar-refractivity contribution in [3.05, 3.63) is 51.8 Å². The minimum Gasteiger partial charge on any atom is -0.393 e. The first-order valence-corrected chi connectivity index (χ1v) is 5.78. The molecule has 0 atom stereocenters. The van der Waals surface area contributed by atoms with Crippen molar-refractivity contribution in [2.75, 3.05) is 5.73 Å². The lowest BCUT2D eigenvalue weighted by atomic mass is 10.1. The number of carbonyl (C=O) groups excluding carboxylic acids is 1. The second kappa shape index (κ2) is 5.39. The number of anilines is 1. The van der Waals surface area contributed by atoms with Crippen molar-refractivity contribution in [3.63, 3.8) is 0 Å². The Morgan fingerprint density at radius 3 is 2.85 bits per heavy atom. The van der Waals surface area contributed by atoms with Crippen molar-refractivity contribution in [3.8, 4) is 0 Å². The highest BCUT2D eigenvalue weighted by Gasteiger charge is 2.22. The number of rotatable bonds is 4. The molecule has 20 heavy (non-hydrogen) atoms. The predicted octanol–water partition coefficient (Wildman–Crippen LogP) is 0.841. The number of nitrogen functional groups attached to an aromatic ring is 1. The summed E-state index contributed by atoms with van der Waals surface area (Å²) in [4.78, 5) is 22.3. The van der Waals surface area contributed by atoms with Crippen LogP contribution < -0.4 is 11.1 Å². The number of amides is 1. The maximum absolute atomic E-state index is 12.0. The molecule has 0 unspecified atom stereocenters. The van der Waals surface area contributed by atoms with Gasteiger partial charge in [-0.3, -0.25) is 19.6 Å². The van der Waals surface area contributed by atoms with E-state index in [2.05, 4.69) is 10.4 Å². The van der Waals surface area contributed by atoms with Gasteiger partial charge in [0.05, 0.1) is 17.2 Å². The Morgan fingerprint density at radius 2 is 2.25 bits per heavy atom. The largest absolute Gasteiger partial charge is 0.393 e. The molecular formula is C12H13N5O3. The summed E-state index contributed by atoms with van der Waals surface area (Å²) in [5.41, 5.74) is 5.84. The summed E-state index contributed by atoms with van der Waals surface area (Å²) in [6, 6.07) is 6.00. The second-order valence-corrected chi connectivity index (χ2v) is 4.13. The Morgan fingerprint density at radius 1 is 1.50 bits per heavy atom. The fourth-order valence-electron chi connectivity index (χ4n) is 1.79. The number of benzene rings is 1. The lowest BCUT2D eigenvalue weighted by molar-refractivity contribution is -0.384. The first-order valence-electron chi connectivity index (χ1n) is 5.78. The molecule has 0 radical (unpaired) electrons. The van der Waals surface area contributed by atoms with Gasteiger partial charge in [0.2, 0.25) is 0 Å². The van der Waals surface area contributed by atoms with E-state index in [4.69, 9.17) is 5.73 Å². The molecule has 8 heteroatoms. The third-order valence-corrected chi connectivity index (χ3v) is 2.85. The Bertz CT molecular complexity index is 665. The number of hydrogen-bond acceptors (Lipinski definition) is 5. The summed E-state index contributed by atoms with van der Waals surface area (Å²) in [6.07, 6.45) is 1.60. The molecule has 0 fully saturated rings. The lowest BCUT2D eigenvalue weighted by Crippen LogP contribution is -2.25. The molecule has 8 nitrogen and oxygen atoms in total. The third-order valence-electron chi connectivity index (χ3n) is 2.85. The number of nitro groups is 1. The van der Waals surface area contributed by atoms with Gasteiger partial charge in [-0.15, -0.1) is 0 Å². The van der Waals surface area contributed by atoms with Crippen LogP contribution in [0.2, 0.25) is 0 Å². The molecule has 0 saturated heterocycles. The monoisotopic (exact) mass is 275 g/mol. The molecular weight excluding hydrogens is 262 g/mol. The third kappa shape index (κ3) is 2.58. The predicted molar refractivity (Wildman–Crippen MR) is 71.9 cm³/mol. The molecule has 1 heterocycles. The van der Waals surface area contributed by atoms with Gasteiger partial charge < -0.3 is 11.1 Å². The average Bonchev–Trinajstić information content (AvgIpc) is 2.80. The highest BCUT2D eigenvalue weighted by atomic mass is 16.6. The summed E-state index contributed by atoms with van der Waals surface area (Å²) in [5, 5.41) is 17.5. The molecule has 104 valence electrons. The van der Waals surface area contributed by atoms with Gasteiger partial charge in [0.1, 0.15) is 11.3 Å². The van der Waals surface area contributed by atoms with Crippen LogP contribution >= 0.6 is 0 Å². The van der Waals surface area contributed by atoms with E-state index >= 15 is 0 Å². The van der Waals surface area contributed by atoms with Crippen molar-refractivity contribution in [2.45, 2.75) is 6.54 Å². The van der Waals surface area contributed by atoms with Crippen molar-refractivity contribution in [2.24, 2.45) is 7.05 Å². The smallest absolute Gasteiger partial charge is 0.304 e. The zero-order valence-electron chi connectivity index (χ0n) is 10.7. The van der Waals surface area contributed by atoms with Gasteiger partial charge in [-0.1, -0.05) is 6.07 Å². The first-order chi connectivity index (χ1) is 9.50. The maximum atomic E-state index is 12.0. The van der Waals surface area contributed by atoms with E-state index in [1.807, 2.05) is 0 Å². The van der Waals surface area contributed by atoms with Crippen LogP contribution in [-0.4, -0.2) is 20.6 Å². The topological polar surface area (TPSA) is 116 Å². The van der Waals surface area contributed by atoms with Gasteiger partial charge in [0.25, 0.3) is 5.91 Å². The van der Waals surface area contributed by atoms with Crippen LogP contribution in [0.5, 0.6) is 0 Å². The molecule has 0 aliphatic rings. The van der Waals surface area contributed by atoms with Crippen molar-refractivity contribution < 1.29 is 9.72 Å². The number of nitrogens with one attached hydrogen (secondary N) is 1. The molecule has 0 aliphatic heterocycles. The summed E-state index contributed by atoms with van der Waals surface area (Å²) in [7, 11) is 1.74. The fraction of sp³-hybridized carbons (Fsp3) is 0.167. The van der Waals surface area contributed by atoms with E-state index in [0.29, 0.717) is 0 Å². The van der Waals surface area contributed by atoms with Crippen LogP contribution in [-0.2, 0) is 13.6 Å². The highest BCUT2D eigenvalue weighted by Crippen LogP contribution is 2.25. The molecule has 2 aromatic rings. The van der Waals surface area contributed by atoms with E-state index in [9.17, 15) is 14.9 Å². The van der Waals surface area contributed by atoms with Crippen molar-refractivity contribution in [1.29, 1.82) is 0 Å². The van der Waals surface area contributed by atoms with E-state index in [0.717, 1.165) is 5.69 Å². The van der Waals surface area contributed by atoms with E-state index < -0.39 is 10.8 Å². The summed E-state index contributed by atoms with van der Waals surface area (Å²) >= 11 is 0. The quantitative estimate of drug-likeness (QED) is 0.487. The molecule has 1 aromatic heterocycles. The molecule has 1 amide bonds. The van der Waals surface area contributed by atoms with Gasteiger partial charge in [-0.25, -0.2) is 0 Å². The second-order valence-electron chi connectivity index (χ2n) is 4.13. The Labute approximate surface area is 114 Å². The normalized spacial score (nSPS) is 10.2. The van der Waals surface area contributed by atoms with Gasteiger partial charge in [-0.05, 0) is 18.2 Å². The zero-order chi connectivity index (χ0) is 14.7. The highest BCUT2D eigenvalue weighted by molar-refractivity contribution is 6.00. The zero-order valence-corrected chi connectivity index (χ0v) is 10.7. The van der Waals surface area contributed by atoms with Crippen LogP contribution in [0.25, 0.3) is 0 Å². The first kappa shape index (κ1) is 13.5. The van der Waals surface area contributed by atoms with E-state index in [-0.39, 0.29) is 23.5 Å². The molecule has 0 saturated carbocycles. The number of aryl methyl sites for hydroxylation is 1. The molecule has 0 bridgehead atoms. The maximum Gasteiger partial charge on any atom is 0.304 e. The summed E-state index contributed by atoms with van der Waals surface area (Å²) in [6.45, 7) is 0.223. The van der Waals surface area contributed by atoms with E-state index in [1.165, 1.54) is 18.2 Å². The van der Waals surface area contributed by atoms with Gasteiger partial charge >= 0.3 is 5.69 Å². The van der Waals surface area contributed by atoms with Gasteiger partial charge in [0.15, 0.2) is 0 Å². The fourth-order valence-corrected chi connectivity index (χ4v) is 1.79. The number of nitrogens with zero attached hydrogens (tertiary/aromatic N) is 3. The van der Waals surface area contributed by atoms with E-state index in [1.54, 1.807) is 24.0 Å². The Balaban J connectivity index is 2.20. The van der Waals surface area contributed by atoms with Crippen LogP contribution in [0.3, 0.4) is 0 Å². The van der Waals surface area contributed by atoms with Crippen molar-refractivity contribution in [1.82, 2.24) is 15.1 Å². The van der Waals surface area contributed by atoms with Crippen LogP contribution in [0.1, 0.15) is 16.1 Å². The molecule has 2 rings (SSSR count). The average molecular weight is 275 g/mol. The number of nitrogens with two attached hydrogens (primary N) is 1. The van der Waals surface area contributed by atoms with Gasteiger partial charge in [0, 0.05) is 13.2 Å². The number of aromatic nitrogens is 2. The minimum absolute atomic E-state index is 0.0387. The van der Waals surface area contributed by atoms with Gasteiger partial charge in [-0.2, -0.15) is 5.10 Å². The Kier molecular flexibility index (Phi) is 3.65. The standard InChI is InChI=1S/C12H13N5O3/c1-16-8(5-6-15-16)7-14-12(18)9-3-2-4-10(13)11(9)17(19)20/h2-6H,7,13H2,1H3,(H,14,18). The Hall–Kier alpha value is -2.90. The van der Waals surface area contributed by atoms with Crippen LogP contribution in [0.15, 0.2) is 30.5 Å². The number of para-hydroxylation sites is 1. The molecule has 1 aromatic carbocycles.